The van der Waals surface area contributed by atoms with Crippen LogP contribution in [0.15, 0.2) is 42.2 Å². The molecule has 2 N–H and O–H groups in total. The molecule has 31 heavy (non-hydrogen) atoms. The maximum atomic E-state index is 9.75. The van der Waals surface area contributed by atoms with Crippen LogP contribution in [0.25, 0.3) is 0 Å². The summed E-state index contributed by atoms with van der Waals surface area (Å²) in [5, 5.41) is 20.4. The zero-order valence-corrected chi connectivity index (χ0v) is 26.3. The molecule has 0 radical (unpaired) electrons. The Morgan fingerprint density at radius 2 is 1.00 bits per heavy atom. The first-order chi connectivity index (χ1) is 14.5. The summed E-state index contributed by atoms with van der Waals surface area (Å²) in [5.74, 6) is 1.30. The second-order valence-corrected chi connectivity index (χ2v) is 12.1. The molecule has 0 aliphatic carbocycles. The van der Waals surface area contributed by atoms with Crippen molar-refractivity contribution in [1.82, 2.24) is 0 Å². The number of aliphatic hydroxyl groups excluding tert-OH is 2. The molecule has 0 saturated carbocycles. The van der Waals surface area contributed by atoms with Crippen LogP contribution in [-0.4, -0.2) is 46.3 Å². The lowest BCUT2D eigenvalue weighted by molar-refractivity contribution is 0.126. The van der Waals surface area contributed by atoms with Crippen molar-refractivity contribution in [3.05, 3.63) is 53.3 Å². The van der Waals surface area contributed by atoms with Gasteiger partial charge in [0.05, 0.1) is 30.1 Å². The first kappa shape index (κ1) is 28.1. The monoisotopic (exact) mass is 812 g/mol. The Hall–Kier alpha value is 0.840. The van der Waals surface area contributed by atoms with Gasteiger partial charge in [0.2, 0.25) is 0 Å². The minimum Gasteiger partial charge on any atom is -0.488 e. The minimum atomic E-state index is -0.582. The summed E-state index contributed by atoms with van der Waals surface area (Å²) in [6.45, 7) is 4.66. The van der Waals surface area contributed by atoms with E-state index in [1.807, 2.05) is 24.3 Å². The van der Waals surface area contributed by atoms with Gasteiger partial charge in [-0.25, -0.2) is 0 Å². The second kappa shape index (κ2) is 12.5. The fourth-order valence-corrected chi connectivity index (χ4v) is 5.94. The van der Waals surface area contributed by atoms with Gasteiger partial charge in [-0.3, -0.25) is 0 Å². The van der Waals surface area contributed by atoms with E-state index in [0.717, 1.165) is 29.0 Å². The van der Waals surface area contributed by atoms with E-state index in [2.05, 4.69) is 109 Å². The molecule has 0 fully saturated rings. The Morgan fingerprint density at radius 3 is 1.26 bits per heavy atom. The van der Waals surface area contributed by atoms with E-state index in [4.69, 9.17) is 9.47 Å². The van der Waals surface area contributed by atoms with Crippen LogP contribution in [0.5, 0.6) is 11.5 Å². The van der Waals surface area contributed by atoms with Crippen molar-refractivity contribution in [2.45, 2.75) is 31.5 Å². The molecule has 0 bridgehead atoms. The molecule has 0 aromatic heterocycles. The number of ether oxygens (including phenoxy) is 2. The molecule has 172 valence electrons. The zero-order chi connectivity index (χ0) is 23.3. The first-order valence-electron chi connectivity index (χ1n) is 9.23. The third-order valence-electron chi connectivity index (χ3n) is 4.64. The van der Waals surface area contributed by atoms with Crippen LogP contribution in [-0.2, 0) is 5.41 Å². The van der Waals surface area contributed by atoms with Gasteiger partial charge in [-0.05, 0) is 99.1 Å². The van der Waals surface area contributed by atoms with E-state index in [9.17, 15) is 10.2 Å². The van der Waals surface area contributed by atoms with Crippen LogP contribution in [0, 0.1) is 0 Å². The van der Waals surface area contributed by atoms with Crippen molar-refractivity contribution >= 4 is 95.6 Å². The molecule has 2 unspecified atom stereocenters. The Kier molecular flexibility index (Phi) is 11.3. The molecule has 2 rings (SSSR count). The Morgan fingerprint density at radius 1 is 0.710 bits per heavy atom. The summed E-state index contributed by atoms with van der Waals surface area (Å²) in [6.07, 6.45) is -1.16. The molecular weight excluding hydrogens is 796 g/mol. The average molecular weight is 818 g/mol. The van der Waals surface area contributed by atoms with E-state index in [1.165, 1.54) is 0 Å². The highest BCUT2D eigenvalue weighted by Gasteiger charge is 2.27. The number of hydrogen-bond acceptors (Lipinski definition) is 4. The predicted octanol–water partition coefficient (Wildman–Crippen LogP) is 7.33. The smallest absolute Gasteiger partial charge is 0.147 e. The second-order valence-electron chi connectivity index (χ2n) is 7.40. The maximum Gasteiger partial charge on any atom is 0.147 e. The van der Waals surface area contributed by atoms with Gasteiger partial charge in [-0.2, -0.15) is 0 Å². The SMILES string of the molecule is CC(C)(c1cc(Br)c(OCC(O)CBr)c(Br)c1)c1cc(Br)c(OCC(O)CBr)c(Br)c1. The fourth-order valence-electron chi connectivity index (χ4n) is 2.73. The molecule has 2 aromatic rings. The number of benzene rings is 2. The lowest BCUT2D eigenvalue weighted by Gasteiger charge is -2.28. The highest BCUT2D eigenvalue weighted by atomic mass is 79.9. The first-order valence-corrected chi connectivity index (χ1v) is 14.6. The number of aliphatic hydroxyl groups is 2. The normalized spacial score (nSPS) is 13.7. The van der Waals surface area contributed by atoms with Crippen molar-refractivity contribution < 1.29 is 19.7 Å². The average Bonchev–Trinajstić information content (AvgIpc) is 2.71. The lowest BCUT2D eigenvalue weighted by atomic mass is 9.78. The molecule has 0 saturated heterocycles. The van der Waals surface area contributed by atoms with Gasteiger partial charge in [0.25, 0.3) is 0 Å². The molecule has 10 heteroatoms. The van der Waals surface area contributed by atoms with Crippen LogP contribution in [0.3, 0.4) is 0 Å². The Bertz CT molecular complexity index is 788. The standard InChI is InChI=1S/C21H22Br6O4/c1-21(2,11-3-15(24)19(16(25)4-11)30-9-13(28)7-22)12-5-17(26)20(18(27)6-12)31-10-14(29)8-23/h3-6,13-14,28-29H,7-10H2,1-2H3. The van der Waals surface area contributed by atoms with Crippen molar-refractivity contribution in [3.8, 4) is 11.5 Å². The van der Waals surface area contributed by atoms with Crippen LogP contribution in [0.2, 0.25) is 0 Å². The van der Waals surface area contributed by atoms with Crippen molar-refractivity contribution in [2.24, 2.45) is 0 Å². The Labute approximate surface area is 233 Å². The fraction of sp³-hybridized carbons (Fsp3) is 0.429. The minimum absolute atomic E-state index is 0.191. The quantitative estimate of drug-likeness (QED) is 0.247. The number of halogens is 6. The molecule has 0 heterocycles. The molecule has 0 aliphatic rings. The molecule has 2 atom stereocenters. The van der Waals surface area contributed by atoms with E-state index in [0.29, 0.717) is 22.2 Å². The highest BCUT2D eigenvalue weighted by molar-refractivity contribution is 9.11. The maximum absolute atomic E-state index is 9.75. The van der Waals surface area contributed by atoms with Crippen LogP contribution in [0.4, 0.5) is 0 Å². The summed E-state index contributed by atoms with van der Waals surface area (Å²) >= 11 is 20.9. The lowest BCUT2D eigenvalue weighted by Crippen LogP contribution is -2.21. The number of alkyl halides is 2. The number of hydrogen-bond donors (Lipinski definition) is 2. The molecule has 2 aromatic carbocycles. The van der Waals surface area contributed by atoms with Crippen molar-refractivity contribution in [1.29, 1.82) is 0 Å². The van der Waals surface area contributed by atoms with Gasteiger partial charge in [0.1, 0.15) is 24.7 Å². The molecule has 0 spiro atoms. The van der Waals surface area contributed by atoms with E-state index in [1.54, 1.807) is 0 Å². The summed E-state index contributed by atoms with van der Waals surface area (Å²) in [6, 6.07) is 8.11. The number of rotatable bonds is 10. The van der Waals surface area contributed by atoms with Gasteiger partial charge in [0, 0.05) is 16.1 Å². The largest absolute Gasteiger partial charge is 0.488 e. The summed E-state index contributed by atoms with van der Waals surface area (Å²) in [4.78, 5) is 0. The van der Waals surface area contributed by atoms with Crippen LogP contribution in [0.1, 0.15) is 25.0 Å². The molecule has 4 nitrogen and oxygen atoms in total. The third kappa shape index (κ3) is 7.41. The van der Waals surface area contributed by atoms with Gasteiger partial charge >= 0.3 is 0 Å². The van der Waals surface area contributed by atoms with E-state index < -0.39 is 12.2 Å². The van der Waals surface area contributed by atoms with E-state index in [-0.39, 0.29) is 18.6 Å². The Balaban J connectivity index is 2.34. The van der Waals surface area contributed by atoms with Crippen LogP contribution >= 0.6 is 95.6 Å². The van der Waals surface area contributed by atoms with Gasteiger partial charge < -0.3 is 19.7 Å². The van der Waals surface area contributed by atoms with E-state index >= 15 is 0 Å². The summed E-state index contributed by atoms with van der Waals surface area (Å²) in [5.41, 5.74) is 1.81. The molecular formula is C21H22Br6O4. The summed E-state index contributed by atoms with van der Waals surface area (Å²) < 4.78 is 14.7. The summed E-state index contributed by atoms with van der Waals surface area (Å²) in [7, 11) is 0. The van der Waals surface area contributed by atoms with Gasteiger partial charge in [-0.1, -0.05) is 45.7 Å². The van der Waals surface area contributed by atoms with Gasteiger partial charge in [0.15, 0.2) is 0 Å². The molecule has 0 amide bonds. The van der Waals surface area contributed by atoms with Crippen LogP contribution < -0.4 is 9.47 Å². The predicted molar refractivity (Wildman–Crippen MR) is 146 cm³/mol. The topological polar surface area (TPSA) is 58.9 Å². The third-order valence-corrected chi connectivity index (χ3v) is 8.49. The molecule has 0 aliphatic heterocycles. The van der Waals surface area contributed by atoms with Gasteiger partial charge in [-0.15, -0.1) is 0 Å². The highest BCUT2D eigenvalue weighted by Crippen LogP contribution is 2.44. The van der Waals surface area contributed by atoms with Crippen molar-refractivity contribution in [2.75, 3.05) is 23.9 Å². The zero-order valence-electron chi connectivity index (χ0n) is 16.8. The van der Waals surface area contributed by atoms with Crippen molar-refractivity contribution in [3.63, 3.8) is 0 Å².